The summed E-state index contributed by atoms with van der Waals surface area (Å²) in [6.45, 7) is 0. The van der Waals surface area contributed by atoms with E-state index in [1.165, 1.54) is 20.3 Å². The zero-order valence-corrected chi connectivity index (χ0v) is 14.5. The molecule has 6 heteroatoms. The number of halogens is 3. The van der Waals surface area contributed by atoms with Crippen LogP contribution in [-0.2, 0) is 0 Å². The molecule has 3 rings (SSSR count). The summed E-state index contributed by atoms with van der Waals surface area (Å²) in [4.78, 5) is 4.10. The van der Waals surface area contributed by atoms with E-state index in [0.717, 1.165) is 12.1 Å². The van der Waals surface area contributed by atoms with E-state index in [4.69, 9.17) is 9.47 Å². The van der Waals surface area contributed by atoms with Crippen molar-refractivity contribution >= 4 is 0 Å². The van der Waals surface area contributed by atoms with Crippen LogP contribution in [-0.4, -0.2) is 19.2 Å². The van der Waals surface area contributed by atoms with Crippen molar-refractivity contribution in [3.05, 3.63) is 77.4 Å². The van der Waals surface area contributed by atoms with Gasteiger partial charge in [0.25, 0.3) is 0 Å². The Morgan fingerprint density at radius 1 is 0.815 bits per heavy atom. The minimum absolute atomic E-state index is 0.139. The summed E-state index contributed by atoms with van der Waals surface area (Å²) in [7, 11) is 2.87. The molecule has 0 aliphatic carbocycles. The zero-order chi connectivity index (χ0) is 19.4. The minimum atomic E-state index is -1.55. The van der Waals surface area contributed by atoms with Crippen molar-refractivity contribution in [3.8, 4) is 34.5 Å². The summed E-state index contributed by atoms with van der Waals surface area (Å²) in [6, 6.07) is 10.3. The molecule has 0 aliphatic heterocycles. The maximum Gasteiger partial charge on any atom is 0.195 e. The SMILES string of the molecule is COc1cc(C#Cc2ccccn2)c(-c2ccc(F)c(F)c2F)cc1OC. The standard InChI is InChI=1S/C21H14F3NO2/c1-26-18-11-13(6-7-14-5-3-4-10-25-14)16(12-19(18)27-2)15-8-9-17(22)21(24)20(15)23/h3-5,8-12H,1-2H3. The lowest BCUT2D eigenvalue weighted by Gasteiger charge is -2.13. The van der Waals surface area contributed by atoms with Gasteiger partial charge in [-0.2, -0.15) is 0 Å². The first kappa shape index (κ1) is 18.3. The first-order valence-corrected chi connectivity index (χ1v) is 7.88. The van der Waals surface area contributed by atoms with Gasteiger partial charge in [-0.1, -0.05) is 12.0 Å². The molecule has 0 spiro atoms. The normalized spacial score (nSPS) is 10.1. The van der Waals surface area contributed by atoms with Crippen molar-refractivity contribution in [1.29, 1.82) is 0 Å². The molecule has 3 aromatic rings. The largest absolute Gasteiger partial charge is 0.493 e. The molecule has 0 radical (unpaired) electrons. The summed E-state index contributed by atoms with van der Waals surface area (Å²) in [5, 5.41) is 0. The van der Waals surface area contributed by atoms with Gasteiger partial charge in [-0.15, -0.1) is 0 Å². The number of hydrogen-bond donors (Lipinski definition) is 0. The van der Waals surface area contributed by atoms with E-state index in [0.29, 0.717) is 22.8 Å². The summed E-state index contributed by atoms with van der Waals surface area (Å²) in [5.41, 5.74) is 0.958. The van der Waals surface area contributed by atoms with Crippen LogP contribution in [0.25, 0.3) is 11.1 Å². The van der Waals surface area contributed by atoms with Crippen molar-refractivity contribution in [2.75, 3.05) is 14.2 Å². The second-order valence-electron chi connectivity index (χ2n) is 5.44. The number of rotatable bonds is 3. The van der Waals surface area contributed by atoms with E-state index in [2.05, 4.69) is 16.8 Å². The molecular formula is C21H14F3NO2. The Kier molecular flexibility index (Phi) is 5.32. The van der Waals surface area contributed by atoms with E-state index < -0.39 is 17.5 Å². The molecule has 1 aromatic heterocycles. The molecular weight excluding hydrogens is 355 g/mol. The fraction of sp³-hybridized carbons (Fsp3) is 0.0952. The van der Waals surface area contributed by atoms with Crippen LogP contribution in [0.15, 0.2) is 48.7 Å². The molecule has 0 aliphatic rings. The van der Waals surface area contributed by atoms with Crippen LogP contribution in [0, 0.1) is 29.3 Å². The highest BCUT2D eigenvalue weighted by Crippen LogP contribution is 2.37. The third kappa shape index (κ3) is 3.72. The number of nitrogens with zero attached hydrogens (tertiary/aromatic N) is 1. The second kappa shape index (κ2) is 7.83. The van der Waals surface area contributed by atoms with Crippen molar-refractivity contribution in [1.82, 2.24) is 4.98 Å². The van der Waals surface area contributed by atoms with E-state index >= 15 is 0 Å². The quantitative estimate of drug-likeness (QED) is 0.500. The Bertz CT molecular complexity index is 1040. The van der Waals surface area contributed by atoms with Crippen LogP contribution in [0.2, 0.25) is 0 Å². The molecule has 0 amide bonds. The van der Waals surface area contributed by atoms with Crippen molar-refractivity contribution in [2.24, 2.45) is 0 Å². The molecule has 0 unspecified atom stereocenters. The highest BCUT2D eigenvalue weighted by atomic mass is 19.2. The zero-order valence-electron chi connectivity index (χ0n) is 14.5. The monoisotopic (exact) mass is 369 g/mol. The second-order valence-corrected chi connectivity index (χ2v) is 5.44. The third-order valence-corrected chi connectivity index (χ3v) is 3.84. The van der Waals surface area contributed by atoms with Crippen LogP contribution in [0.1, 0.15) is 11.3 Å². The first-order valence-electron chi connectivity index (χ1n) is 7.88. The summed E-state index contributed by atoms with van der Waals surface area (Å²) >= 11 is 0. The van der Waals surface area contributed by atoms with Gasteiger partial charge in [0.15, 0.2) is 29.0 Å². The van der Waals surface area contributed by atoms with Crippen molar-refractivity contribution in [2.45, 2.75) is 0 Å². The van der Waals surface area contributed by atoms with Crippen molar-refractivity contribution in [3.63, 3.8) is 0 Å². The maximum atomic E-state index is 14.4. The number of hydrogen-bond acceptors (Lipinski definition) is 3. The molecule has 2 aromatic carbocycles. The van der Waals surface area contributed by atoms with Crippen LogP contribution < -0.4 is 9.47 Å². The van der Waals surface area contributed by atoms with Gasteiger partial charge in [0.2, 0.25) is 0 Å². The summed E-state index contributed by atoms with van der Waals surface area (Å²) < 4.78 is 51.9. The minimum Gasteiger partial charge on any atom is -0.493 e. The Morgan fingerprint density at radius 2 is 1.56 bits per heavy atom. The lowest BCUT2D eigenvalue weighted by Crippen LogP contribution is -1.98. The van der Waals surface area contributed by atoms with Crippen LogP contribution in [0.4, 0.5) is 13.2 Å². The molecule has 27 heavy (non-hydrogen) atoms. The number of ether oxygens (including phenoxy) is 2. The van der Waals surface area contributed by atoms with Crippen LogP contribution in [0.3, 0.4) is 0 Å². The summed E-state index contributed by atoms with van der Waals surface area (Å²) in [5.74, 6) is 2.30. The first-order chi connectivity index (χ1) is 13.0. The topological polar surface area (TPSA) is 31.4 Å². The predicted octanol–water partition coefficient (Wildman–Crippen LogP) is 4.58. The Morgan fingerprint density at radius 3 is 2.22 bits per heavy atom. The van der Waals surface area contributed by atoms with Gasteiger partial charge in [-0.3, -0.25) is 0 Å². The molecule has 3 nitrogen and oxygen atoms in total. The number of pyridine rings is 1. The Balaban J connectivity index is 2.23. The smallest absolute Gasteiger partial charge is 0.195 e. The lowest BCUT2D eigenvalue weighted by atomic mass is 9.98. The van der Waals surface area contributed by atoms with Crippen LogP contribution in [0.5, 0.6) is 11.5 Å². The number of methoxy groups -OCH3 is 2. The average molecular weight is 369 g/mol. The van der Waals surface area contributed by atoms with Gasteiger partial charge in [-0.05, 0) is 36.3 Å². The molecule has 0 saturated heterocycles. The van der Waals surface area contributed by atoms with Crippen LogP contribution >= 0.6 is 0 Å². The summed E-state index contributed by atoms with van der Waals surface area (Å²) in [6.07, 6.45) is 1.59. The Hall–Kier alpha value is -3.46. The number of benzene rings is 2. The van der Waals surface area contributed by atoms with Gasteiger partial charge >= 0.3 is 0 Å². The highest BCUT2D eigenvalue weighted by molar-refractivity contribution is 5.75. The van der Waals surface area contributed by atoms with E-state index in [1.807, 2.05) is 0 Å². The maximum absolute atomic E-state index is 14.4. The fourth-order valence-electron chi connectivity index (χ4n) is 2.51. The molecule has 0 fully saturated rings. The number of aromatic nitrogens is 1. The predicted molar refractivity (Wildman–Crippen MR) is 95.1 cm³/mol. The van der Waals surface area contributed by atoms with E-state index in [9.17, 15) is 13.2 Å². The van der Waals surface area contributed by atoms with Gasteiger partial charge in [-0.25, -0.2) is 18.2 Å². The van der Waals surface area contributed by atoms with Gasteiger partial charge < -0.3 is 9.47 Å². The average Bonchev–Trinajstić information content (AvgIpc) is 2.71. The molecule has 0 bridgehead atoms. The molecule has 0 atom stereocenters. The van der Waals surface area contributed by atoms with Gasteiger partial charge in [0.1, 0.15) is 5.69 Å². The molecule has 136 valence electrons. The Labute approximate surface area is 154 Å². The highest BCUT2D eigenvalue weighted by Gasteiger charge is 2.19. The van der Waals surface area contributed by atoms with E-state index in [-0.39, 0.29) is 11.1 Å². The van der Waals surface area contributed by atoms with Gasteiger partial charge in [0, 0.05) is 29.0 Å². The van der Waals surface area contributed by atoms with Gasteiger partial charge in [0.05, 0.1) is 14.2 Å². The van der Waals surface area contributed by atoms with E-state index in [1.54, 1.807) is 30.5 Å². The molecule has 0 N–H and O–H groups in total. The third-order valence-electron chi connectivity index (χ3n) is 3.84. The lowest BCUT2D eigenvalue weighted by molar-refractivity contribution is 0.355. The molecule has 0 saturated carbocycles. The molecule has 1 heterocycles. The fourth-order valence-corrected chi connectivity index (χ4v) is 2.51. The van der Waals surface area contributed by atoms with Crippen molar-refractivity contribution < 1.29 is 22.6 Å².